The van der Waals surface area contributed by atoms with Gasteiger partial charge in [-0.05, 0) is 30.2 Å². The maximum Gasteiger partial charge on any atom is 0.267 e. The smallest absolute Gasteiger partial charge is 0.267 e. The number of unbranched alkanes of at least 4 members (excludes halogenated alkanes) is 1. The molecule has 0 unspecified atom stereocenters. The zero-order valence-corrected chi connectivity index (χ0v) is 10.6. The number of hydrogen-bond donors (Lipinski definition) is 3. The van der Waals surface area contributed by atoms with E-state index >= 15 is 0 Å². The molecule has 0 bridgehead atoms. The fourth-order valence-corrected chi connectivity index (χ4v) is 1.49. The molecule has 1 aromatic rings. The van der Waals surface area contributed by atoms with Gasteiger partial charge in [0.05, 0.1) is 0 Å². The van der Waals surface area contributed by atoms with E-state index in [9.17, 15) is 4.79 Å². The summed E-state index contributed by atoms with van der Waals surface area (Å²) in [5.74, 6) is -0.527. The lowest BCUT2D eigenvalue weighted by Gasteiger charge is -2.04. The second kappa shape index (κ2) is 8.44. The number of carbonyl (C=O) groups excluding carboxylic acids is 1. The molecule has 1 amide bonds. The first kappa shape index (κ1) is 14.4. The maximum absolute atomic E-state index is 10.8. The van der Waals surface area contributed by atoms with Crippen LogP contribution in [0.2, 0.25) is 0 Å². The van der Waals surface area contributed by atoms with Crippen molar-refractivity contribution < 1.29 is 10.0 Å². The summed E-state index contributed by atoms with van der Waals surface area (Å²) in [5, 5.41) is 11.7. The van der Waals surface area contributed by atoms with Crippen molar-refractivity contribution in [3.05, 3.63) is 41.5 Å². The average molecular weight is 248 g/mol. The van der Waals surface area contributed by atoms with Crippen LogP contribution in [0.15, 0.2) is 30.3 Å². The van der Waals surface area contributed by atoms with E-state index in [0.29, 0.717) is 0 Å². The molecule has 3 N–H and O–H groups in total. The minimum absolute atomic E-state index is 0.527. The number of rotatable bonds is 7. The number of hydroxylamine groups is 1. The van der Waals surface area contributed by atoms with Gasteiger partial charge in [-0.1, -0.05) is 37.6 Å². The van der Waals surface area contributed by atoms with Crippen molar-refractivity contribution in [1.82, 2.24) is 10.8 Å². The summed E-state index contributed by atoms with van der Waals surface area (Å²) >= 11 is 0. The van der Waals surface area contributed by atoms with E-state index in [1.165, 1.54) is 24.5 Å². The van der Waals surface area contributed by atoms with Gasteiger partial charge in [0.2, 0.25) is 0 Å². The summed E-state index contributed by atoms with van der Waals surface area (Å²) in [6.45, 7) is 4.07. The third kappa shape index (κ3) is 5.61. The lowest BCUT2D eigenvalue weighted by Crippen LogP contribution is -2.14. The Bertz CT molecular complexity index is 385. The van der Waals surface area contributed by atoms with E-state index in [4.69, 9.17) is 5.21 Å². The van der Waals surface area contributed by atoms with E-state index in [1.54, 1.807) is 11.6 Å². The molecule has 1 aromatic carbocycles. The largest absolute Gasteiger partial charge is 0.313 e. The molecular weight excluding hydrogens is 228 g/mol. The molecule has 0 fully saturated rings. The minimum Gasteiger partial charge on any atom is -0.313 e. The lowest BCUT2D eigenvalue weighted by atomic mass is 10.1. The van der Waals surface area contributed by atoms with E-state index in [-0.39, 0.29) is 0 Å². The lowest BCUT2D eigenvalue weighted by molar-refractivity contribution is -0.124. The monoisotopic (exact) mass is 248 g/mol. The van der Waals surface area contributed by atoms with Gasteiger partial charge in [0.15, 0.2) is 0 Å². The van der Waals surface area contributed by atoms with E-state index in [2.05, 4.69) is 12.2 Å². The highest BCUT2D eigenvalue weighted by molar-refractivity contribution is 5.90. The molecular formula is C14H20N2O2. The topological polar surface area (TPSA) is 61.4 Å². The fourth-order valence-electron chi connectivity index (χ4n) is 1.49. The van der Waals surface area contributed by atoms with Crippen molar-refractivity contribution in [1.29, 1.82) is 0 Å². The van der Waals surface area contributed by atoms with Crippen LogP contribution in [-0.4, -0.2) is 17.7 Å². The van der Waals surface area contributed by atoms with E-state index in [1.807, 2.05) is 24.3 Å². The van der Waals surface area contributed by atoms with Crippen LogP contribution < -0.4 is 10.8 Å². The zero-order chi connectivity index (χ0) is 13.2. The van der Waals surface area contributed by atoms with Gasteiger partial charge < -0.3 is 5.32 Å². The maximum atomic E-state index is 10.8. The molecule has 0 spiro atoms. The van der Waals surface area contributed by atoms with Crippen molar-refractivity contribution in [3.63, 3.8) is 0 Å². The molecule has 0 radical (unpaired) electrons. The molecule has 98 valence electrons. The first-order chi connectivity index (χ1) is 8.76. The van der Waals surface area contributed by atoms with Gasteiger partial charge in [-0.15, -0.1) is 0 Å². The highest BCUT2D eigenvalue weighted by Crippen LogP contribution is 2.06. The molecule has 0 aliphatic carbocycles. The first-order valence-corrected chi connectivity index (χ1v) is 6.18. The third-order valence-corrected chi connectivity index (χ3v) is 2.55. The Kier molecular flexibility index (Phi) is 6.76. The molecule has 0 heterocycles. The van der Waals surface area contributed by atoms with Gasteiger partial charge in [0, 0.05) is 12.6 Å². The van der Waals surface area contributed by atoms with Gasteiger partial charge >= 0.3 is 0 Å². The van der Waals surface area contributed by atoms with Gasteiger partial charge in [-0.25, -0.2) is 5.48 Å². The Labute approximate surface area is 108 Å². The summed E-state index contributed by atoms with van der Waals surface area (Å²) in [5.41, 5.74) is 3.69. The zero-order valence-electron chi connectivity index (χ0n) is 10.6. The van der Waals surface area contributed by atoms with Crippen molar-refractivity contribution in [3.8, 4) is 0 Å². The van der Waals surface area contributed by atoms with Crippen molar-refractivity contribution in [2.24, 2.45) is 0 Å². The third-order valence-electron chi connectivity index (χ3n) is 2.55. The molecule has 0 aromatic heterocycles. The van der Waals surface area contributed by atoms with Crippen molar-refractivity contribution >= 4 is 12.0 Å². The second-order valence-electron chi connectivity index (χ2n) is 4.08. The van der Waals surface area contributed by atoms with Crippen LogP contribution in [0.4, 0.5) is 0 Å². The van der Waals surface area contributed by atoms with Gasteiger partial charge in [0.1, 0.15) is 0 Å². The van der Waals surface area contributed by atoms with Crippen LogP contribution >= 0.6 is 0 Å². The molecule has 0 atom stereocenters. The standard InChI is InChI=1S/C14H20N2O2/c1-2-3-10-15-11-13-6-4-12(5-7-13)8-9-14(17)16-18/h4-9,15,18H,2-3,10-11H2,1H3,(H,16,17)/b9-8+. The molecule has 1 rings (SSSR count). The molecule has 18 heavy (non-hydrogen) atoms. The molecule has 4 heteroatoms. The highest BCUT2D eigenvalue weighted by Gasteiger charge is 1.94. The minimum atomic E-state index is -0.527. The Hall–Kier alpha value is -1.65. The van der Waals surface area contributed by atoms with Crippen LogP contribution in [0.1, 0.15) is 30.9 Å². The molecule has 4 nitrogen and oxygen atoms in total. The second-order valence-corrected chi connectivity index (χ2v) is 4.08. The summed E-state index contributed by atoms with van der Waals surface area (Å²) in [6.07, 6.45) is 5.33. The number of benzene rings is 1. The molecule has 0 saturated carbocycles. The van der Waals surface area contributed by atoms with Crippen molar-refractivity contribution in [2.45, 2.75) is 26.3 Å². The van der Waals surface area contributed by atoms with Crippen LogP contribution in [0.5, 0.6) is 0 Å². The summed E-state index contributed by atoms with van der Waals surface area (Å²) < 4.78 is 0. The Morgan fingerprint density at radius 1 is 1.33 bits per heavy atom. The normalized spacial score (nSPS) is 10.8. The quantitative estimate of drug-likeness (QED) is 0.300. The number of carbonyl (C=O) groups is 1. The highest BCUT2D eigenvalue weighted by atomic mass is 16.5. The molecule has 0 saturated heterocycles. The summed E-state index contributed by atoms with van der Waals surface area (Å²) in [7, 11) is 0. The van der Waals surface area contributed by atoms with Gasteiger partial charge in [-0.3, -0.25) is 10.0 Å². The summed E-state index contributed by atoms with van der Waals surface area (Å²) in [6, 6.07) is 7.93. The molecule has 0 aliphatic heterocycles. The van der Waals surface area contributed by atoms with Crippen LogP contribution in [0, 0.1) is 0 Å². The molecule has 0 aliphatic rings. The predicted octanol–water partition coefficient (Wildman–Crippen LogP) is 2.09. The Morgan fingerprint density at radius 2 is 2.06 bits per heavy atom. The van der Waals surface area contributed by atoms with Gasteiger partial charge in [-0.2, -0.15) is 0 Å². The number of hydrogen-bond acceptors (Lipinski definition) is 3. The van der Waals surface area contributed by atoms with Crippen LogP contribution in [0.25, 0.3) is 6.08 Å². The van der Waals surface area contributed by atoms with Gasteiger partial charge in [0.25, 0.3) is 5.91 Å². The van der Waals surface area contributed by atoms with Crippen molar-refractivity contribution in [2.75, 3.05) is 6.54 Å². The Morgan fingerprint density at radius 3 is 2.67 bits per heavy atom. The van der Waals surface area contributed by atoms with Crippen LogP contribution in [0.3, 0.4) is 0 Å². The number of amides is 1. The predicted molar refractivity (Wildman–Crippen MR) is 72.0 cm³/mol. The first-order valence-electron chi connectivity index (χ1n) is 6.18. The van der Waals surface area contributed by atoms with E-state index in [0.717, 1.165) is 18.7 Å². The number of nitrogens with one attached hydrogen (secondary N) is 2. The summed E-state index contributed by atoms with van der Waals surface area (Å²) in [4.78, 5) is 10.8. The van der Waals surface area contributed by atoms with E-state index < -0.39 is 5.91 Å². The Balaban J connectivity index is 2.42. The average Bonchev–Trinajstić information content (AvgIpc) is 2.42. The van der Waals surface area contributed by atoms with Crippen LogP contribution in [-0.2, 0) is 11.3 Å². The fraction of sp³-hybridized carbons (Fsp3) is 0.357. The SMILES string of the molecule is CCCCNCc1ccc(/C=C/C(=O)NO)cc1.